The van der Waals surface area contributed by atoms with Crippen LogP contribution in [0.5, 0.6) is 5.75 Å². The topological polar surface area (TPSA) is 75.6 Å². The summed E-state index contributed by atoms with van der Waals surface area (Å²) in [6.45, 7) is 1.35. The van der Waals surface area contributed by atoms with Crippen LogP contribution in [0, 0.1) is 0 Å². The molecule has 0 heterocycles. The van der Waals surface area contributed by atoms with E-state index in [4.69, 9.17) is 4.74 Å². The molecule has 5 heteroatoms. The number of ether oxygens (including phenoxy) is 1. The van der Waals surface area contributed by atoms with Gasteiger partial charge in [-0.05, 0) is 30.5 Å². The van der Waals surface area contributed by atoms with Crippen molar-refractivity contribution in [2.24, 2.45) is 0 Å². The molecule has 0 aliphatic rings. The molecule has 0 bridgehead atoms. The summed E-state index contributed by atoms with van der Waals surface area (Å²) in [4.78, 5) is 23.5. The van der Waals surface area contributed by atoms with Crippen LogP contribution < -0.4 is 10.1 Å². The Labute approximate surface area is 146 Å². The van der Waals surface area contributed by atoms with E-state index in [1.54, 1.807) is 24.3 Å². The third kappa shape index (κ3) is 4.94. The number of para-hydroxylation sites is 1. The molecule has 130 valence electrons. The van der Waals surface area contributed by atoms with E-state index in [0.29, 0.717) is 17.7 Å². The first-order chi connectivity index (χ1) is 12.0. The zero-order valence-electron chi connectivity index (χ0n) is 14.3. The molecule has 0 unspecified atom stereocenters. The van der Waals surface area contributed by atoms with Crippen molar-refractivity contribution in [1.29, 1.82) is 0 Å². The summed E-state index contributed by atoms with van der Waals surface area (Å²) in [5, 5.41) is 12.4. The number of methoxy groups -OCH3 is 1. The highest BCUT2D eigenvalue weighted by Gasteiger charge is 2.20. The van der Waals surface area contributed by atoms with Gasteiger partial charge in [-0.25, -0.2) is 4.79 Å². The van der Waals surface area contributed by atoms with Gasteiger partial charge in [0.15, 0.2) is 0 Å². The molecule has 2 aromatic carbocycles. The number of hydrogen-bond donors (Lipinski definition) is 2. The van der Waals surface area contributed by atoms with Crippen molar-refractivity contribution < 1.29 is 19.4 Å². The quantitative estimate of drug-likeness (QED) is 0.759. The molecule has 0 radical (unpaired) electrons. The molecule has 0 aromatic heterocycles. The van der Waals surface area contributed by atoms with Crippen LogP contribution in [0.15, 0.2) is 60.2 Å². The molecule has 0 fully saturated rings. The molecule has 0 atom stereocenters. The van der Waals surface area contributed by atoms with Gasteiger partial charge < -0.3 is 15.2 Å². The zero-order chi connectivity index (χ0) is 18.2. The number of carboxylic acid groups (broad SMARTS) is 1. The first-order valence-corrected chi connectivity index (χ1v) is 7.94. The maximum atomic E-state index is 11.9. The number of rotatable bonds is 7. The Kier molecular flexibility index (Phi) is 6.34. The lowest BCUT2D eigenvalue weighted by molar-refractivity contribution is -0.132. The molecule has 0 saturated heterocycles. The van der Waals surface area contributed by atoms with Crippen LogP contribution in [0.25, 0.3) is 5.70 Å². The lowest BCUT2D eigenvalue weighted by atomic mass is 9.99. The van der Waals surface area contributed by atoms with Gasteiger partial charge in [0.05, 0.1) is 18.4 Å². The number of nitrogens with one attached hydrogen (secondary N) is 1. The highest BCUT2D eigenvalue weighted by atomic mass is 16.5. The van der Waals surface area contributed by atoms with Gasteiger partial charge in [0, 0.05) is 12.5 Å². The van der Waals surface area contributed by atoms with Gasteiger partial charge in [-0.2, -0.15) is 0 Å². The summed E-state index contributed by atoms with van der Waals surface area (Å²) in [6, 6.07) is 16.6. The summed E-state index contributed by atoms with van der Waals surface area (Å²) in [6.07, 6.45) is 0.841. The molecule has 25 heavy (non-hydrogen) atoms. The fourth-order valence-corrected chi connectivity index (χ4v) is 2.59. The number of aliphatic carboxylic acids is 1. The van der Waals surface area contributed by atoms with Gasteiger partial charge in [0.25, 0.3) is 0 Å². The van der Waals surface area contributed by atoms with E-state index in [1.165, 1.54) is 14.0 Å². The van der Waals surface area contributed by atoms with E-state index in [1.807, 2.05) is 30.3 Å². The lowest BCUT2D eigenvalue weighted by Crippen LogP contribution is -2.22. The van der Waals surface area contributed by atoms with Crippen molar-refractivity contribution in [2.75, 3.05) is 7.11 Å². The molecule has 5 nitrogen and oxygen atoms in total. The summed E-state index contributed by atoms with van der Waals surface area (Å²) in [5.41, 5.74) is 1.99. The van der Waals surface area contributed by atoms with Crippen LogP contribution in [0.2, 0.25) is 0 Å². The molecular weight excluding hydrogens is 318 g/mol. The second-order valence-corrected chi connectivity index (χ2v) is 5.53. The maximum Gasteiger partial charge on any atom is 0.333 e. The second kappa shape index (κ2) is 8.68. The van der Waals surface area contributed by atoms with E-state index in [9.17, 15) is 14.7 Å². The fraction of sp³-hybridized carbons (Fsp3) is 0.200. The highest BCUT2D eigenvalue weighted by molar-refractivity contribution is 6.00. The Hall–Kier alpha value is -3.08. The Morgan fingerprint density at radius 3 is 2.28 bits per heavy atom. The average molecular weight is 339 g/mol. The number of amides is 1. The van der Waals surface area contributed by atoms with Crippen LogP contribution in [-0.2, 0) is 16.0 Å². The third-order valence-electron chi connectivity index (χ3n) is 3.74. The monoisotopic (exact) mass is 339 g/mol. The summed E-state index contributed by atoms with van der Waals surface area (Å²) in [5.74, 6) is -0.894. The summed E-state index contributed by atoms with van der Waals surface area (Å²) in [7, 11) is 1.51. The Morgan fingerprint density at radius 2 is 1.68 bits per heavy atom. The smallest absolute Gasteiger partial charge is 0.333 e. The summed E-state index contributed by atoms with van der Waals surface area (Å²) < 4.78 is 5.32. The minimum absolute atomic E-state index is 0.142. The number of carbonyl (C=O) groups excluding carboxylic acids is 1. The maximum absolute atomic E-state index is 11.9. The Morgan fingerprint density at radius 1 is 1.04 bits per heavy atom. The molecule has 2 rings (SSSR count). The largest absolute Gasteiger partial charge is 0.496 e. The third-order valence-corrected chi connectivity index (χ3v) is 3.74. The van der Waals surface area contributed by atoms with Gasteiger partial charge in [-0.15, -0.1) is 0 Å². The molecule has 0 saturated carbocycles. The highest BCUT2D eigenvalue weighted by Crippen LogP contribution is 2.28. The van der Waals surface area contributed by atoms with E-state index in [-0.39, 0.29) is 23.6 Å². The van der Waals surface area contributed by atoms with Gasteiger partial charge in [-0.1, -0.05) is 42.5 Å². The van der Waals surface area contributed by atoms with Crippen LogP contribution in [0.1, 0.15) is 24.5 Å². The van der Waals surface area contributed by atoms with E-state index in [0.717, 1.165) is 5.56 Å². The number of hydrogen-bond acceptors (Lipinski definition) is 3. The first kappa shape index (κ1) is 18.3. The number of aryl methyl sites for hydroxylation is 1. The predicted molar refractivity (Wildman–Crippen MR) is 96.1 cm³/mol. The van der Waals surface area contributed by atoms with Crippen molar-refractivity contribution in [3.8, 4) is 5.75 Å². The molecule has 0 aliphatic heterocycles. The molecule has 0 spiro atoms. The van der Waals surface area contributed by atoms with Gasteiger partial charge in [0.2, 0.25) is 5.91 Å². The second-order valence-electron chi connectivity index (χ2n) is 5.53. The van der Waals surface area contributed by atoms with Crippen molar-refractivity contribution >= 4 is 17.6 Å². The van der Waals surface area contributed by atoms with Crippen LogP contribution >= 0.6 is 0 Å². The van der Waals surface area contributed by atoms with Crippen LogP contribution in [-0.4, -0.2) is 24.1 Å². The lowest BCUT2D eigenvalue weighted by Gasteiger charge is -2.16. The average Bonchev–Trinajstić information content (AvgIpc) is 2.61. The first-order valence-electron chi connectivity index (χ1n) is 7.94. The number of carbonyl (C=O) groups is 2. The van der Waals surface area contributed by atoms with E-state index >= 15 is 0 Å². The van der Waals surface area contributed by atoms with Crippen molar-refractivity contribution in [3.05, 3.63) is 71.3 Å². The molecule has 0 aliphatic carbocycles. The van der Waals surface area contributed by atoms with E-state index in [2.05, 4.69) is 5.32 Å². The standard InChI is InChI=1S/C20H21NO4/c1-14(22)21-19(16-10-6-7-11-18(16)25-2)17(20(23)24)13-12-15-8-4-3-5-9-15/h3-11H,12-13H2,1-2H3,(H,21,22)(H,23,24)/b19-17+. The van der Waals surface area contributed by atoms with Crippen molar-refractivity contribution in [3.63, 3.8) is 0 Å². The number of benzene rings is 2. The summed E-state index contributed by atoms with van der Waals surface area (Å²) >= 11 is 0. The fourth-order valence-electron chi connectivity index (χ4n) is 2.59. The van der Waals surface area contributed by atoms with Crippen molar-refractivity contribution in [2.45, 2.75) is 19.8 Å². The Bertz CT molecular complexity index is 781. The molecule has 1 amide bonds. The minimum Gasteiger partial charge on any atom is -0.496 e. The molecular formula is C20H21NO4. The van der Waals surface area contributed by atoms with Crippen LogP contribution in [0.3, 0.4) is 0 Å². The number of carboxylic acids is 1. The minimum atomic E-state index is -1.06. The van der Waals surface area contributed by atoms with Gasteiger partial charge >= 0.3 is 5.97 Å². The SMILES string of the molecule is COc1ccccc1/C(NC(C)=O)=C(/CCc1ccccc1)C(=O)O. The van der Waals surface area contributed by atoms with Gasteiger partial charge in [-0.3, -0.25) is 4.79 Å². The normalized spacial score (nSPS) is 11.4. The predicted octanol–water partition coefficient (Wildman–Crippen LogP) is 3.26. The van der Waals surface area contributed by atoms with Crippen molar-refractivity contribution in [1.82, 2.24) is 5.32 Å². The van der Waals surface area contributed by atoms with E-state index < -0.39 is 5.97 Å². The molecule has 2 N–H and O–H groups in total. The zero-order valence-corrected chi connectivity index (χ0v) is 14.3. The van der Waals surface area contributed by atoms with Gasteiger partial charge in [0.1, 0.15) is 5.75 Å². The molecule has 2 aromatic rings. The Balaban J connectivity index is 2.47. The van der Waals surface area contributed by atoms with Crippen LogP contribution in [0.4, 0.5) is 0 Å².